The predicted molar refractivity (Wildman–Crippen MR) is 111 cm³/mol. The Morgan fingerprint density at radius 1 is 1.21 bits per heavy atom. The van der Waals surface area contributed by atoms with Crippen molar-refractivity contribution < 1.29 is 8.78 Å². The average molecular weight is 403 g/mol. The van der Waals surface area contributed by atoms with Crippen molar-refractivity contribution in [1.82, 2.24) is 13.9 Å². The molecule has 0 saturated carbocycles. The number of benzene rings is 1. The third kappa shape index (κ3) is 4.60. The molecule has 4 nitrogen and oxygen atoms in total. The first-order valence-corrected chi connectivity index (χ1v) is 9.79. The van der Waals surface area contributed by atoms with E-state index in [1.165, 1.54) is 12.1 Å². The zero-order chi connectivity index (χ0) is 20.3. The lowest BCUT2D eigenvalue weighted by Gasteiger charge is -2.09. The number of allylic oxidation sites excluding steroid dienone is 1. The van der Waals surface area contributed by atoms with Crippen molar-refractivity contribution in [2.24, 2.45) is 5.73 Å². The summed E-state index contributed by atoms with van der Waals surface area (Å²) >= 11 is 1.65. The van der Waals surface area contributed by atoms with Crippen molar-refractivity contribution in [1.29, 1.82) is 0 Å². The van der Waals surface area contributed by atoms with Crippen molar-refractivity contribution in [3.8, 4) is 0 Å². The third-order valence-corrected chi connectivity index (χ3v) is 5.35. The highest BCUT2D eigenvalue weighted by Gasteiger charge is 2.17. The molecule has 0 aliphatic heterocycles. The van der Waals surface area contributed by atoms with E-state index in [-0.39, 0.29) is 18.9 Å². The molecule has 0 aliphatic rings. The van der Waals surface area contributed by atoms with Gasteiger partial charge in [0.05, 0.1) is 17.6 Å². The first-order chi connectivity index (χ1) is 13.4. The van der Waals surface area contributed by atoms with Crippen molar-refractivity contribution >= 4 is 23.0 Å². The summed E-state index contributed by atoms with van der Waals surface area (Å²) in [5.41, 5.74) is 9.57. The normalized spacial score (nSPS) is 12.3. The van der Waals surface area contributed by atoms with Crippen molar-refractivity contribution in [3.05, 3.63) is 71.1 Å². The molecule has 0 atom stereocenters. The van der Waals surface area contributed by atoms with Crippen LogP contribution in [-0.4, -0.2) is 34.5 Å². The fourth-order valence-corrected chi connectivity index (χ4v) is 3.90. The molecular weight excluding hydrogens is 378 g/mol. The molecule has 148 valence electrons. The molecule has 2 heterocycles. The number of halogens is 2. The molecule has 0 aliphatic carbocycles. The van der Waals surface area contributed by atoms with Crippen LogP contribution >= 0.6 is 11.9 Å². The van der Waals surface area contributed by atoms with Crippen LogP contribution in [0.2, 0.25) is 0 Å². The second kappa shape index (κ2) is 8.86. The van der Waals surface area contributed by atoms with E-state index in [0.717, 1.165) is 21.7 Å². The lowest BCUT2D eigenvalue weighted by Crippen LogP contribution is -2.04. The summed E-state index contributed by atoms with van der Waals surface area (Å²) in [6, 6.07) is 11.2. The molecule has 28 heavy (non-hydrogen) atoms. The summed E-state index contributed by atoms with van der Waals surface area (Å²) in [6.07, 6.45) is 1.95. The number of rotatable bonds is 7. The van der Waals surface area contributed by atoms with Gasteiger partial charge in [-0.1, -0.05) is 12.1 Å². The number of hydrogen-bond donors (Lipinski definition) is 1. The van der Waals surface area contributed by atoms with Gasteiger partial charge >= 0.3 is 0 Å². The van der Waals surface area contributed by atoms with Crippen molar-refractivity contribution in [2.75, 3.05) is 20.6 Å². The number of aromatic nitrogens is 2. The van der Waals surface area contributed by atoms with Crippen LogP contribution in [0, 0.1) is 12.9 Å². The Hall–Kier alpha value is -2.22. The monoisotopic (exact) mass is 402 g/mol. The van der Waals surface area contributed by atoms with E-state index in [2.05, 4.69) is 29.2 Å². The maximum absolute atomic E-state index is 14.1. The van der Waals surface area contributed by atoms with Gasteiger partial charge in [-0.2, -0.15) is 4.39 Å². The lowest BCUT2D eigenvalue weighted by molar-refractivity contribution is 0.554. The summed E-state index contributed by atoms with van der Waals surface area (Å²) in [5.74, 6) is -0.856. The molecule has 1 aromatic carbocycles. The molecule has 7 heteroatoms. The van der Waals surface area contributed by atoms with Crippen LogP contribution in [0.15, 0.2) is 53.2 Å². The fourth-order valence-electron chi connectivity index (χ4n) is 3.22. The maximum atomic E-state index is 14.1. The van der Waals surface area contributed by atoms with Crippen LogP contribution in [-0.2, 0) is 13.0 Å². The Bertz CT molecular complexity index is 994. The van der Waals surface area contributed by atoms with Gasteiger partial charge in [0, 0.05) is 29.1 Å². The van der Waals surface area contributed by atoms with E-state index in [9.17, 15) is 8.78 Å². The highest BCUT2D eigenvalue weighted by molar-refractivity contribution is 7.97. The van der Waals surface area contributed by atoms with Gasteiger partial charge in [0.1, 0.15) is 5.83 Å². The van der Waals surface area contributed by atoms with Crippen LogP contribution in [0.5, 0.6) is 0 Å². The van der Waals surface area contributed by atoms with Crippen LogP contribution in [0.4, 0.5) is 8.78 Å². The second-order valence-corrected chi connectivity index (χ2v) is 8.15. The predicted octanol–water partition coefficient (Wildman–Crippen LogP) is 4.46. The van der Waals surface area contributed by atoms with E-state index in [4.69, 9.17) is 5.73 Å². The molecule has 0 saturated heterocycles. The molecule has 2 N–H and O–H groups in total. The molecule has 0 amide bonds. The minimum Gasteiger partial charge on any atom is -0.336 e. The molecule has 3 rings (SSSR count). The number of fused-ring (bicyclic) bond motifs is 1. The molecule has 3 aromatic rings. The Balaban J connectivity index is 1.99. The quantitative estimate of drug-likeness (QED) is 0.468. The molecule has 0 bridgehead atoms. The topological polar surface area (TPSA) is 47.1 Å². The van der Waals surface area contributed by atoms with Crippen molar-refractivity contribution in [3.63, 3.8) is 0 Å². The Morgan fingerprint density at radius 3 is 2.57 bits per heavy atom. The molecule has 0 spiro atoms. The Kier molecular flexibility index (Phi) is 6.49. The van der Waals surface area contributed by atoms with Gasteiger partial charge in [-0.15, -0.1) is 0 Å². The fraction of sp³-hybridized carbons (Fsp3) is 0.286. The van der Waals surface area contributed by atoms with E-state index in [1.54, 1.807) is 18.0 Å². The highest BCUT2D eigenvalue weighted by atomic mass is 32.2. The molecular formula is C21H24F2N4S. The van der Waals surface area contributed by atoms with Gasteiger partial charge < -0.3 is 10.3 Å². The van der Waals surface area contributed by atoms with Gasteiger partial charge in [-0.3, -0.25) is 4.31 Å². The van der Waals surface area contributed by atoms with Crippen molar-refractivity contribution in [2.45, 2.75) is 24.8 Å². The summed E-state index contributed by atoms with van der Waals surface area (Å²) in [5, 5.41) is 0. The second-order valence-electron chi connectivity index (χ2n) is 6.76. The summed E-state index contributed by atoms with van der Waals surface area (Å²) in [7, 11) is 3.99. The zero-order valence-corrected chi connectivity index (χ0v) is 17.1. The highest BCUT2D eigenvalue weighted by Crippen LogP contribution is 2.29. The van der Waals surface area contributed by atoms with Crippen LogP contribution < -0.4 is 5.73 Å². The maximum Gasteiger partial charge on any atom is 0.213 e. The minimum atomic E-state index is -0.540. The summed E-state index contributed by atoms with van der Waals surface area (Å²) < 4.78 is 31.8. The standard InChI is InChI=1S/C21H24F2N4S/c1-14-18(12-15-4-6-17(7-5-15)28-26(2)3)21-19(8-9-20(23)25-21)27(14)13-16(22)10-11-24/h4-10H,11-13,24H2,1-3H3/b16-10-. The lowest BCUT2D eigenvalue weighted by atomic mass is 10.0. The third-order valence-electron chi connectivity index (χ3n) is 4.50. The first kappa shape index (κ1) is 20.5. The van der Waals surface area contributed by atoms with E-state index >= 15 is 0 Å². The average Bonchev–Trinajstić information content (AvgIpc) is 2.88. The molecule has 0 radical (unpaired) electrons. The van der Waals surface area contributed by atoms with Gasteiger partial charge in [0.2, 0.25) is 5.95 Å². The van der Waals surface area contributed by atoms with Crippen LogP contribution in [0.3, 0.4) is 0 Å². The minimum absolute atomic E-state index is 0.0608. The SMILES string of the molecule is Cc1c(Cc2ccc(SN(C)C)cc2)c2nc(F)ccc2n1C/C(F)=C/CN. The summed E-state index contributed by atoms with van der Waals surface area (Å²) in [6.45, 7) is 2.12. The molecule has 2 aromatic heterocycles. The number of nitrogens with two attached hydrogens (primary N) is 1. The van der Waals surface area contributed by atoms with E-state index < -0.39 is 5.95 Å². The van der Waals surface area contributed by atoms with Crippen LogP contribution in [0.25, 0.3) is 11.0 Å². The first-order valence-electron chi connectivity index (χ1n) is 9.02. The Morgan fingerprint density at radius 2 is 1.93 bits per heavy atom. The van der Waals surface area contributed by atoms with Crippen LogP contribution in [0.1, 0.15) is 16.8 Å². The largest absolute Gasteiger partial charge is 0.336 e. The van der Waals surface area contributed by atoms with Gasteiger partial charge in [-0.25, -0.2) is 9.37 Å². The van der Waals surface area contributed by atoms with Gasteiger partial charge in [0.15, 0.2) is 0 Å². The smallest absolute Gasteiger partial charge is 0.213 e. The molecule has 0 fully saturated rings. The number of pyridine rings is 1. The summed E-state index contributed by atoms with van der Waals surface area (Å²) in [4.78, 5) is 5.24. The molecule has 0 unspecified atom stereocenters. The Labute approximate surface area is 168 Å². The van der Waals surface area contributed by atoms with Gasteiger partial charge in [0.25, 0.3) is 0 Å². The van der Waals surface area contributed by atoms with E-state index in [0.29, 0.717) is 17.5 Å². The number of hydrogen-bond acceptors (Lipinski definition) is 4. The zero-order valence-electron chi connectivity index (χ0n) is 16.2. The van der Waals surface area contributed by atoms with Gasteiger partial charge in [-0.05, 0) is 68.9 Å². The number of nitrogens with zero attached hydrogens (tertiary/aromatic N) is 3. The van der Waals surface area contributed by atoms with E-state index in [1.807, 2.05) is 29.9 Å².